The average Bonchev–Trinajstić information content (AvgIpc) is 2.94. The first kappa shape index (κ1) is 15.6. The van der Waals surface area contributed by atoms with E-state index in [1.807, 2.05) is 12.3 Å². The fourth-order valence-corrected chi connectivity index (χ4v) is 2.10. The molecule has 0 N–H and O–H groups in total. The van der Waals surface area contributed by atoms with Crippen molar-refractivity contribution in [2.24, 2.45) is 0 Å². The first-order valence-electron chi connectivity index (χ1n) is 7.62. The molecule has 0 spiro atoms. The quantitative estimate of drug-likeness (QED) is 0.745. The molecular weight excluding hydrogens is 264 g/mol. The van der Waals surface area contributed by atoms with Crippen molar-refractivity contribution < 1.29 is 4.52 Å². The molecule has 2 heterocycles. The largest absolute Gasteiger partial charge is 0.338 e. The van der Waals surface area contributed by atoms with E-state index in [2.05, 4.69) is 46.9 Å². The maximum Gasteiger partial charge on any atom is 0.240 e. The van der Waals surface area contributed by atoms with Crippen molar-refractivity contribution in [3.63, 3.8) is 0 Å². The third-order valence-electron chi connectivity index (χ3n) is 3.32. The summed E-state index contributed by atoms with van der Waals surface area (Å²) in [6.07, 6.45) is 6.04. The molecule has 0 aliphatic heterocycles. The van der Waals surface area contributed by atoms with E-state index in [1.54, 1.807) is 6.20 Å². The highest BCUT2D eigenvalue weighted by molar-refractivity contribution is 5.08. The Hall–Kier alpha value is -1.75. The Bertz CT molecular complexity index is 524. The van der Waals surface area contributed by atoms with Gasteiger partial charge in [-0.05, 0) is 24.6 Å². The van der Waals surface area contributed by atoms with Gasteiger partial charge in [0.2, 0.25) is 5.89 Å². The lowest BCUT2D eigenvalue weighted by molar-refractivity contribution is 0.215. The van der Waals surface area contributed by atoms with Crippen LogP contribution in [0.2, 0.25) is 0 Å². The number of rotatable bonds is 8. The van der Waals surface area contributed by atoms with Crippen molar-refractivity contribution >= 4 is 0 Å². The molecule has 0 radical (unpaired) electrons. The lowest BCUT2D eigenvalue weighted by Crippen LogP contribution is -2.24. The van der Waals surface area contributed by atoms with Crippen LogP contribution in [0.1, 0.15) is 56.8 Å². The number of unbranched alkanes of at least 4 members (excludes halogenated alkanes) is 1. The molecule has 0 fully saturated rings. The average molecular weight is 288 g/mol. The van der Waals surface area contributed by atoms with Gasteiger partial charge in [0, 0.05) is 24.9 Å². The number of nitrogens with zero attached hydrogens (tertiary/aromatic N) is 4. The van der Waals surface area contributed by atoms with Crippen molar-refractivity contribution in [1.29, 1.82) is 0 Å². The first-order chi connectivity index (χ1) is 10.2. The molecule has 0 saturated carbocycles. The van der Waals surface area contributed by atoms with Gasteiger partial charge in [0.1, 0.15) is 0 Å². The summed E-state index contributed by atoms with van der Waals surface area (Å²) in [5, 5.41) is 4.03. The van der Waals surface area contributed by atoms with Gasteiger partial charge in [-0.2, -0.15) is 4.98 Å². The van der Waals surface area contributed by atoms with Gasteiger partial charge in [0.05, 0.1) is 6.54 Å². The molecular formula is C16H24N4O. The molecule has 0 atom stereocenters. The predicted molar refractivity (Wildman–Crippen MR) is 81.6 cm³/mol. The second-order valence-electron chi connectivity index (χ2n) is 5.63. The lowest BCUT2D eigenvalue weighted by Gasteiger charge is -2.20. The van der Waals surface area contributed by atoms with Crippen molar-refractivity contribution in [3.8, 4) is 0 Å². The molecule has 114 valence electrons. The second kappa shape index (κ2) is 7.88. The highest BCUT2D eigenvalue weighted by Gasteiger charge is 2.14. The summed E-state index contributed by atoms with van der Waals surface area (Å²) in [4.78, 5) is 11.0. The van der Waals surface area contributed by atoms with Gasteiger partial charge in [0.25, 0.3) is 0 Å². The molecule has 21 heavy (non-hydrogen) atoms. The van der Waals surface area contributed by atoms with E-state index < -0.39 is 0 Å². The van der Waals surface area contributed by atoms with Gasteiger partial charge in [-0.25, -0.2) is 0 Å². The standard InChI is InChI=1S/C16H24N4O/c1-4-5-9-20(11-14-7-6-8-17-10-14)12-15-18-16(13(2)3)19-21-15/h6-8,10,13H,4-5,9,11-12H2,1-3H3. The van der Waals surface area contributed by atoms with E-state index in [-0.39, 0.29) is 0 Å². The first-order valence-corrected chi connectivity index (χ1v) is 7.62. The predicted octanol–water partition coefficient (Wildman–Crippen LogP) is 3.39. The molecule has 2 aromatic heterocycles. The zero-order valence-corrected chi connectivity index (χ0v) is 13.1. The second-order valence-corrected chi connectivity index (χ2v) is 5.63. The molecule has 0 amide bonds. The Morgan fingerprint density at radius 2 is 2.14 bits per heavy atom. The maximum absolute atomic E-state index is 5.36. The van der Waals surface area contributed by atoms with E-state index in [0.717, 1.165) is 25.3 Å². The van der Waals surface area contributed by atoms with Crippen LogP contribution >= 0.6 is 0 Å². The summed E-state index contributed by atoms with van der Waals surface area (Å²) >= 11 is 0. The molecule has 5 nitrogen and oxygen atoms in total. The molecule has 0 aliphatic carbocycles. The summed E-state index contributed by atoms with van der Waals surface area (Å²) in [5.41, 5.74) is 1.21. The summed E-state index contributed by atoms with van der Waals surface area (Å²) in [6.45, 7) is 8.90. The summed E-state index contributed by atoms with van der Waals surface area (Å²) in [6, 6.07) is 4.07. The Labute approximate surface area is 126 Å². The van der Waals surface area contributed by atoms with E-state index in [9.17, 15) is 0 Å². The van der Waals surface area contributed by atoms with E-state index >= 15 is 0 Å². The Morgan fingerprint density at radius 1 is 1.29 bits per heavy atom. The molecule has 2 rings (SSSR count). The van der Waals surface area contributed by atoms with Crippen LogP contribution < -0.4 is 0 Å². The van der Waals surface area contributed by atoms with Crippen LogP contribution in [0, 0.1) is 0 Å². The number of pyridine rings is 1. The van der Waals surface area contributed by atoms with E-state index in [4.69, 9.17) is 4.52 Å². The van der Waals surface area contributed by atoms with Gasteiger partial charge >= 0.3 is 0 Å². The summed E-state index contributed by atoms with van der Waals surface area (Å²) in [5.74, 6) is 1.77. The highest BCUT2D eigenvalue weighted by Crippen LogP contribution is 2.13. The van der Waals surface area contributed by atoms with E-state index in [0.29, 0.717) is 18.4 Å². The molecule has 2 aromatic rings. The van der Waals surface area contributed by atoms with E-state index in [1.165, 1.54) is 12.0 Å². The summed E-state index contributed by atoms with van der Waals surface area (Å²) < 4.78 is 5.36. The normalized spacial score (nSPS) is 11.5. The SMILES string of the molecule is CCCCN(Cc1cccnc1)Cc1nc(C(C)C)no1. The Balaban J connectivity index is 2.01. The van der Waals surface area contributed by atoms with Crippen LogP contribution in [0.3, 0.4) is 0 Å². The third kappa shape index (κ3) is 4.93. The van der Waals surface area contributed by atoms with Crippen LogP contribution in [0.25, 0.3) is 0 Å². The van der Waals surface area contributed by atoms with Gasteiger partial charge in [-0.1, -0.05) is 38.4 Å². The van der Waals surface area contributed by atoms with Gasteiger partial charge < -0.3 is 4.52 Å². The molecule has 5 heteroatoms. The third-order valence-corrected chi connectivity index (χ3v) is 3.32. The number of hydrogen-bond donors (Lipinski definition) is 0. The van der Waals surface area contributed by atoms with Crippen LogP contribution in [0.4, 0.5) is 0 Å². The minimum absolute atomic E-state index is 0.296. The molecule has 0 bridgehead atoms. The minimum atomic E-state index is 0.296. The minimum Gasteiger partial charge on any atom is -0.338 e. The van der Waals surface area contributed by atoms with Crippen molar-refractivity contribution in [3.05, 3.63) is 41.8 Å². The van der Waals surface area contributed by atoms with Crippen molar-refractivity contribution in [2.45, 2.75) is 52.6 Å². The van der Waals surface area contributed by atoms with Crippen molar-refractivity contribution in [1.82, 2.24) is 20.0 Å². The molecule has 0 aromatic carbocycles. The monoisotopic (exact) mass is 288 g/mol. The van der Waals surface area contributed by atoms with Crippen molar-refractivity contribution in [2.75, 3.05) is 6.54 Å². The summed E-state index contributed by atoms with van der Waals surface area (Å²) in [7, 11) is 0. The molecule has 0 aliphatic rings. The fourth-order valence-electron chi connectivity index (χ4n) is 2.10. The van der Waals surface area contributed by atoms with Crippen LogP contribution in [0.15, 0.2) is 29.0 Å². The fraction of sp³-hybridized carbons (Fsp3) is 0.562. The highest BCUT2D eigenvalue weighted by atomic mass is 16.5. The molecule has 0 unspecified atom stereocenters. The van der Waals surface area contributed by atoms with Gasteiger partial charge in [0.15, 0.2) is 5.82 Å². The molecule has 0 saturated heterocycles. The lowest BCUT2D eigenvalue weighted by atomic mass is 10.2. The van der Waals surface area contributed by atoms with Gasteiger partial charge in [-0.3, -0.25) is 9.88 Å². The Morgan fingerprint density at radius 3 is 2.76 bits per heavy atom. The van der Waals surface area contributed by atoms with Crippen LogP contribution in [0.5, 0.6) is 0 Å². The van der Waals surface area contributed by atoms with Crippen LogP contribution in [-0.4, -0.2) is 26.6 Å². The zero-order chi connectivity index (χ0) is 15.1. The topological polar surface area (TPSA) is 55.1 Å². The number of aromatic nitrogens is 3. The number of hydrogen-bond acceptors (Lipinski definition) is 5. The maximum atomic E-state index is 5.36. The van der Waals surface area contributed by atoms with Gasteiger partial charge in [-0.15, -0.1) is 0 Å². The smallest absolute Gasteiger partial charge is 0.240 e. The zero-order valence-electron chi connectivity index (χ0n) is 13.1. The Kier molecular flexibility index (Phi) is 5.87. The van der Waals surface area contributed by atoms with Crippen LogP contribution in [-0.2, 0) is 13.1 Å².